The van der Waals surface area contributed by atoms with Crippen LogP contribution < -0.4 is 0 Å². The number of para-hydroxylation sites is 1. The van der Waals surface area contributed by atoms with Crippen LogP contribution in [-0.4, -0.2) is 24.5 Å². The largest absolute Gasteiger partial charge is 0.456 e. The molecular formula is C38H23N5O. The Labute approximate surface area is 251 Å². The van der Waals surface area contributed by atoms with Gasteiger partial charge in [0.05, 0.1) is 16.6 Å². The summed E-state index contributed by atoms with van der Waals surface area (Å²) in [6, 6.07) is 45.0. The molecule has 44 heavy (non-hydrogen) atoms. The smallest absolute Gasteiger partial charge is 0.164 e. The van der Waals surface area contributed by atoms with Gasteiger partial charge in [0.2, 0.25) is 0 Å². The highest BCUT2D eigenvalue weighted by Gasteiger charge is 2.17. The fraction of sp³-hybridized carbons (Fsp3) is 0. The van der Waals surface area contributed by atoms with Crippen molar-refractivity contribution in [1.82, 2.24) is 24.5 Å². The Morgan fingerprint density at radius 2 is 1.05 bits per heavy atom. The molecule has 5 aromatic carbocycles. The van der Waals surface area contributed by atoms with Gasteiger partial charge in [-0.3, -0.25) is 4.98 Å². The normalized spacial score (nSPS) is 11.6. The highest BCUT2D eigenvalue weighted by molar-refractivity contribution is 6.09. The second-order valence-electron chi connectivity index (χ2n) is 10.8. The van der Waals surface area contributed by atoms with Crippen molar-refractivity contribution in [2.24, 2.45) is 0 Å². The maximum Gasteiger partial charge on any atom is 0.164 e. The SMILES string of the molecule is c1ccc(-c2nc(-c3ccccc3)nc(-c3ccc4oc5ccc(-n6c7ccccc7c7ncccc76)cc5c4c3)n2)cc1. The summed E-state index contributed by atoms with van der Waals surface area (Å²) in [7, 11) is 0. The lowest BCUT2D eigenvalue weighted by molar-refractivity contribution is 0.669. The predicted octanol–water partition coefficient (Wildman–Crippen LogP) is 9.26. The van der Waals surface area contributed by atoms with Gasteiger partial charge in [-0.1, -0.05) is 78.9 Å². The van der Waals surface area contributed by atoms with Crippen LogP contribution in [0, 0.1) is 0 Å². The zero-order valence-corrected chi connectivity index (χ0v) is 23.4. The van der Waals surface area contributed by atoms with Crippen LogP contribution in [0.3, 0.4) is 0 Å². The maximum atomic E-state index is 6.30. The van der Waals surface area contributed by atoms with Gasteiger partial charge < -0.3 is 8.98 Å². The Morgan fingerprint density at radius 1 is 0.455 bits per heavy atom. The summed E-state index contributed by atoms with van der Waals surface area (Å²) in [6.07, 6.45) is 1.85. The molecule has 0 radical (unpaired) electrons. The van der Waals surface area contributed by atoms with Crippen LogP contribution in [0.1, 0.15) is 0 Å². The third-order valence-electron chi connectivity index (χ3n) is 8.10. The summed E-state index contributed by atoms with van der Waals surface area (Å²) in [6.45, 7) is 0. The van der Waals surface area contributed by atoms with Gasteiger partial charge in [-0.2, -0.15) is 0 Å². The first kappa shape index (κ1) is 24.5. The molecule has 0 aliphatic carbocycles. The lowest BCUT2D eigenvalue weighted by Gasteiger charge is -2.09. The summed E-state index contributed by atoms with van der Waals surface area (Å²) in [4.78, 5) is 19.4. The molecule has 0 bridgehead atoms. The first-order chi connectivity index (χ1) is 21.8. The first-order valence-corrected chi connectivity index (χ1v) is 14.5. The molecule has 0 fully saturated rings. The molecule has 206 valence electrons. The van der Waals surface area contributed by atoms with Gasteiger partial charge >= 0.3 is 0 Å². The van der Waals surface area contributed by atoms with E-state index in [1.807, 2.05) is 91.1 Å². The molecule has 0 spiro atoms. The van der Waals surface area contributed by atoms with Gasteiger partial charge in [-0.25, -0.2) is 15.0 Å². The van der Waals surface area contributed by atoms with Crippen molar-refractivity contribution in [2.75, 3.05) is 0 Å². The van der Waals surface area contributed by atoms with Crippen molar-refractivity contribution < 1.29 is 4.42 Å². The molecule has 6 nitrogen and oxygen atoms in total. The van der Waals surface area contributed by atoms with Crippen molar-refractivity contribution >= 4 is 43.9 Å². The lowest BCUT2D eigenvalue weighted by Crippen LogP contribution is -2.00. The molecule has 0 N–H and O–H groups in total. The number of hydrogen-bond donors (Lipinski definition) is 0. The van der Waals surface area contributed by atoms with Crippen LogP contribution in [0.5, 0.6) is 0 Å². The number of furan rings is 1. The summed E-state index contributed by atoms with van der Waals surface area (Å²) in [5.74, 6) is 1.88. The van der Waals surface area contributed by atoms with Gasteiger partial charge in [0.1, 0.15) is 11.2 Å². The quantitative estimate of drug-likeness (QED) is 0.213. The molecule has 0 amide bonds. The van der Waals surface area contributed by atoms with Crippen LogP contribution >= 0.6 is 0 Å². The lowest BCUT2D eigenvalue weighted by atomic mass is 10.1. The van der Waals surface area contributed by atoms with Crippen LogP contribution in [0.2, 0.25) is 0 Å². The summed E-state index contributed by atoms with van der Waals surface area (Å²) < 4.78 is 8.57. The molecule has 6 heteroatoms. The summed E-state index contributed by atoms with van der Waals surface area (Å²) in [5, 5.41) is 3.15. The number of pyridine rings is 1. The number of hydrogen-bond acceptors (Lipinski definition) is 5. The third kappa shape index (κ3) is 3.89. The highest BCUT2D eigenvalue weighted by atomic mass is 16.3. The zero-order valence-electron chi connectivity index (χ0n) is 23.4. The number of nitrogens with zero attached hydrogens (tertiary/aromatic N) is 5. The van der Waals surface area contributed by atoms with E-state index >= 15 is 0 Å². The van der Waals surface area contributed by atoms with Crippen molar-refractivity contribution in [3.8, 4) is 39.9 Å². The Balaban J connectivity index is 1.24. The number of rotatable bonds is 4. The zero-order chi connectivity index (χ0) is 29.0. The average Bonchev–Trinajstić information content (AvgIpc) is 3.64. The topological polar surface area (TPSA) is 69.6 Å². The van der Waals surface area contributed by atoms with Crippen LogP contribution in [0.15, 0.2) is 144 Å². The second kappa shape index (κ2) is 9.71. The van der Waals surface area contributed by atoms with E-state index in [9.17, 15) is 0 Å². The Kier molecular flexibility index (Phi) is 5.40. The molecule has 0 atom stereocenters. The van der Waals surface area contributed by atoms with Crippen LogP contribution in [0.25, 0.3) is 83.7 Å². The number of fused-ring (bicyclic) bond motifs is 6. The molecule has 0 saturated heterocycles. The Hall–Kier alpha value is -6.14. The molecule has 9 aromatic rings. The Bertz CT molecular complexity index is 2390. The first-order valence-electron chi connectivity index (χ1n) is 14.5. The molecule has 4 aromatic heterocycles. The van der Waals surface area contributed by atoms with Gasteiger partial charge in [0.15, 0.2) is 17.5 Å². The van der Waals surface area contributed by atoms with Crippen LogP contribution in [0.4, 0.5) is 0 Å². The van der Waals surface area contributed by atoms with E-state index < -0.39 is 0 Å². The second-order valence-corrected chi connectivity index (χ2v) is 10.8. The van der Waals surface area contributed by atoms with Crippen molar-refractivity contribution in [3.63, 3.8) is 0 Å². The van der Waals surface area contributed by atoms with Crippen molar-refractivity contribution in [2.45, 2.75) is 0 Å². The van der Waals surface area contributed by atoms with E-state index in [0.717, 1.165) is 66.3 Å². The molecule has 0 aliphatic rings. The van der Waals surface area contributed by atoms with Crippen molar-refractivity contribution in [1.29, 1.82) is 0 Å². The summed E-state index contributed by atoms with van der Waals surface area (Å²) >= 11 is 0. The number of aromatic nitrogens is 5. The van der Waals surface area contributed by atoms with E-state index in [0.29, 0.717) is 17.5 Å². The van der Waals surface area contributed by atoms with E-state index in [2.05, 4.69) is 53.1 Å². The van der Waals surface area contributed by atoms with Crippen LogP contribution in [-0.2, 0) is 0 Å². The Morgan fingerprint density at radius 3 is 1.77 bits per heavy atom. The molecule has 0 saturated carbocycles. The predicted molar refractivity (Wildman–Crippen MR) is 176 cm³/mol. The monoisotopic (exact) mass is 565 g/mol. The van der Waals surface area contributed by atoms with Gasteiger partial charge in [-0.15, -0.1) is 0 Å². The van der Waals surface area contributed by atoms with E-state index in [4.69, 9.17) is 24.4 Å². The fourth-order valence-corrected chi connectivity index (χ4v) is 6.04. The van der Waals surface area contributed by atoms with E-state index in [1.54, 1.807) is 0 Å². The minimum absolute atomic E-state index is 0.610. The molecule has 0 unspecified atom stereocenters. The minimum Gasteiger partial charge on any atom is -0.456 e. The fourth-order valence-electron chi connectivity index (χ4n) is 6.04. The minimum atomic E-state index is 0.610. The average molecular weight is 566 g/mol. The van der Waals surface area contributed by atoms with E-state index in [1.165, 1.54) is 0 Å². The summed E-state index contributed by atoms with van der Waals surface area (Å²) in [5.41, 5.74) is 8.61. The van der Waals surface area contributed by atoms with E-state index in [-0.39, 0.29) is 0 Å². The molecule has 4 heterocycles. The molecule has 0 aliphatic heterocycles. The molecule has 9 rings (SSSR count). The van der Waals surface area contributed by atoms with Crippen molar-refractivity contribution in [3.05, 3.63) is 140 Å². The van der Waals surface area contributed by atoms with Gasteiger partial charge in [-0.05, 0) is 54.6 Å². The number of benzene rings is 5. The maximum absolute atomic E-state index is 6.30. The van der Waals surface area contributed by atoms with Gasteiger partial charge in [0.25, 0.3) is 0 Å². The highest BCUT2D eigenvalue weighted by Crippen LogP contribution is 2.36. The molecular weight excluding hydrogens is 542 g/mol. The van der Waals surface area contributed by atoms with Gasteiger partial charge in [0, 0.05) is 44.7 Å². The third-order valence-corrected chi connectivity index (χ3v) is 8.10. The standard InChI is InChI=1S/C38H23N5O/c1-3-10-24(11-4-1)36-40-37(25-12-5-2-6-13-25)42-38(41-36)26-17-19-33-29(22-26)30-23-27(18-20-34(30)44-33)43-31-15-8-7-14-28(31)35-32(43)16-9-21-39-35/h1-23H.